The van der Waals surface area contributed by atoms with Crippen LogP contribution in [0.15, 0.2) is 83.3 Å². The Morgan fingerprint density at radius 2 is 1.71 bits per heavy atom. The van der Waals surface area contributed by atoms with Crippen LogP contribution in [0, 0.1) is 0 Å². The second kappa shape index (κ2) is 7.00. The minimum Gasteiger partial charge on any atom is -0.436 e. The molecule has 0 saturated carbocycles. The first kappa shape index (κ1) is 17.7. The van der Waals surface area contributed by atoms with Crippen molar-refractivity contribution in [1.82, 2.24) is 13.7 Å². The summed E-state index contributed by atoms with van der Waals surface area (Å²) in [5.41, 5.74) is 4.94. The monoisotopic (exact) mass is 422 g/mol. The molecule has 0 unspecified atom stereocenters. The van der Waals surface area contributed by atoms with E-state index in [4.69, 9.17) is 4.42 Å². The smallest absolute Gasteiger partial charge is 0.255 e. The van der Waals surface area contributed by atoms with Crippen molar-refractivity contribution in [1.29, 1.82) is 0 Å². The number of rotatable bonds is 3. The van der Waals surface area contributed by atoms with E-state index < -0.39 is 0 Å². The molecule has 6 rings (SSSR count). The van der Waals surface area contributed by atoms with Crippen LogP contribution in [0.3, 0.4) is 0 Å². The van der Waals surface area contributed by atoms with Crippen LogP contribution in [0.1, 0.15) is 10.4 Å². The summed E-state index contributed by atoms with van der Waals surface area (Å²) in [4.78, 5) is 17.4. The van der Waals surface area contributed by atoms with Gasteiger partial charge in [-0.1, -0.05) is 36.4 Å². The highest BCUT2D eigenvalue weighted by molar-refractivity contribution is 7.00. The Morgan fingerprint density at radius 1 is 0.839 bits per heavy atom. The maximum absolute atomic E-state index is 12.7. The van der Waals surface area contributed by atoms with Crippen LogP contribution in [0.2, 0.25) is 0 Å². The van der Waals surface area contributed by atoms with Crippen LogP contribution in [-0.2, 0) is 0 Å². The predicted molar refractivity (Wildman–Crippen MR) is 122 cm³/mol. The first-order valence-corrected chi connectivity index (χ1v) is 10.4. The maximum atomic E-state index is 12.7. The van der Waals surface area contributed by atoms with Crippen LogP contribution >= 0.6 is 11.7 Å². The number of hydrogen-bond acceptors (Lipinski definition) is 6. The average Bonchev–Trinajstić information content (AvgIpc) is 3.44. The highest BCUT2D eigenvalue weighted by Gasteiger charge is 2.13. The lowest BCUT2D eigenvalue weighted by Gasteiger charge is -2.04. The molecule has 6 aromatic rings. The van der Waals surface area contributed by atoms with Crippen molar-refractivity contribution in [2.24, 2.45) is 0 Å². The van der Waals surface area contributed by atoms with Crippen LogP contribution in [-0.4, -0.2) is 19.6 Å². The number of anilines is 1. The van der Waals surface area contributed by atoms with E-state index in [0.717, 1.165) is 33.6 Å². The normalized spacial score (nSPS) is 11.4. The molecule has 0 aliphatic carbocycles. The number of carbonyl (C=O) groups is 1. The van der Waals surface area contributed by atoms with Crippen molar-refractivity contribution in [3.8, 4) is 11.5 Å². The molecule has 0 saturated heterocycles. The van der Waals surface area contributed by atoms with Crippen molar-refractivity contribution in [2.45, 2.75) is 0 Å². The van der Waals surface area contributed by atoms with Gasteiger partial charge >= 0.3 is 0 Å². The first-order chi connectivity index (χ1) is 15.2. The van der Waals surface area contributed by atoms with Crippen molar-refractivity contribution in [3.63, 3.8) is 0 Å². The van der Waals surface area contributed by atoms with E-state index in [9.17, 15) is 4.79 Å². The molecule has 0 aliphatic rings. The maximum Gasteiger partial charge on any atom is 0.255 e. The van der Waals surface area contributed by atoms with Gasteiger partial charge in [-0.2, -0.15) is 8.75 Å². The molecule has 0 radical (unpaired) electrons. The van der Waals surface area contributed by atoms with E-state index in [2.05, 4.69) is 37.2 Å². The molecule has 0 aliphatic heterocycles. The molecular formula is C24H14N4O2S. The molecule has 0 bridgehead atoms. The number of nitrogens with zero attached hydrogens (tertiary/aromatic N) is 3. The van der Waals surface area contributed by atoms with Gasteiger partial charge in [-0.3, -0.25) is 4.79 Å². The topological polar surface area (TPSA) is 80.9 Å². The van der Waals surface area contributed by atoms with Gasteiger partial charge in [0.25, 0.3) is 5.91 Å². The zero-order valence-corrected chi connectivity index (χ0v) is 16.9. The molecule has 0 atom stereocenters. The van der Waals surface area contributed by atoms with Crippen LogP contribution < -0.4 is 5.32 Å². The number of aromatic nitrogens is 3. The predicted octanol–water partition coefficient (Wildman–Crippen LogP) is 5.91. The van der Waals surface area contributed by atoms with Crippen molar-refractivity contribution in [3.05, 3.63) is 84.4 Å². The van der Waals surface area contributed by atoms with Gasteiger partial charge in [0.2, 0.25) is 5.89 Å². The standard InChI is InChI=1S/C24H14N4O2S/c29-23(15-8-10-19-20(12-15)28-31-27-19)25-16-9-11-22-21(13-16)26-24(30-22)18-7-3-5-14-4-1-2-6-17(14)18/h1-13H,(H,25,29). The summed E-state index contributed by atoms with van der Waals surface area (Å²) in [5, 5.41) is 5.13. The van der Waals surface area contributed by atoms with Gasteiger partial charge in [0.1, 0.15) is 16.6 Å². The Kier molecular flexibility index (Phi) is 4.00. The molecule has 0 fully saturated rings. The number of benzene rings is 4. The molecule has 6 nitrogen and oxygen atoms in total. The molecular weight excluding hydrogens is 408 g/mol. The zero-order chi connectivity index (χ0) is 20.8. The van der Waals surface area contributed by atoms with Gasteiger partial charge in [-0.15, -0.1) is 0 Å². The third-order valence-corrected chi connectivity index (χ3v) is 5.74. The lowest BCUT2D eigenvalue weighted by Crippen LogP contribution is -2.11. The minimum absolute atomic E-state index is 0.216. The van der Waals surface area contributed by atoms with E-state index in [1.807, 2.05) is 36.4 Å². The third-order valence-electron chi connectivity index (χ3n) is 5.18. The second-order valence-corrected chi connectivity index (χ2v) is 7.68. The van der Waals surface area contributed by atoms with Gasteiger partial charge in [-0.05, 0) is 53.2 Å². The summed E-state index contributed by atoms with van der Waals surface area (Å²) in [6.07, 6.45) is 0. The van der Waals surface area contributed by atoms with Crippen LogP contribution in [0.5, 0.6) is 0 Å². The van der Waals surface area contributed by atoms with Crippen molar-refractivity contribution >= 4 is 56.2 Å². The Bertz CT molecular complexity index is 1600. The number of carbonyl (C=O) groups excluding carboxylic acids is 1. The van der Waals surface area contributed by atoms with Gasteiger partial charge in [-0.25, -0.2) is 4.98 Å². The number of nitrogens with one attached hydrogen (secondary N) is 1. The highest BCUT2D eigenvalue weighted by Crippen LogP contribution is 2.31. The summed E-state index contributed by atoms with van der Waals surface area (Å²) in [6, 6.07) is 24.9. The van der Waals surface area contributed by atoms with E-state index in [0.29, 0.717) is 33.8 Å². The number of hydrogen-bond donors (Lipinski definition) is 1. The highest BCUT2D eigenvalue weighted by atomic mass is 32.1. The Morgan fingerprint density at radius 3 is 2.68 bits per heavy atom. The number of amides is 1. The van der Waals surface area contributed by atoms with Gasteiger partial charge in [0, 0.05) is 16.8 Å². The molecule has 4 aromatic carbocycles. The molecule has 1 amide bonds. The summed E-state index contributed by atoms with van der Waals surface area (Å²) >= 11 is 1.13. The fourth-order valence-electron chi connectivity index (χ4n) is 3.66. The fourth-order valence-corrected chi connectivity index (χ4v) is 4.18. The van der Waals surface area contributed by atoms with E-state index in [1.54, 1.807) is 24.3 Å². The summed E-state index contributed by atoms with van der Waals surface area (Å²) < 4.78 is 14.4. The van der Waals surface area contributed by atoms with Gasteiger partial charge < -0.3 is 9.73 Å². The quantitative estimate of drug-likeness (QED) is 0.384. The number of oxazole rings is 1. The SMILES string of the molecule is O=C(Nc1ccc2oc(-c3cccc4ccccc34)nc2c1)c1ccc2nsnc2c1. The largest absolute Gasteiger partial charge is 0.436 e. The van der Waals surface area contributed by atoms with Crippen LogP contribution in [0.4, 0.5) is 5.69 Å². The number of fused-ring (bicyclic) bond motifs is 3. The fraction of sp³-hybridized carbons (Fsp3) is 0. The molecule has 2 aromatic heterocycles. The lowest BCUT2D eigenvalue weighted by molar-refractivity contribution is 0.102. The average molecular weight is 422 g/mol. The molecule has 31 heavy (non-hydrogen) atoms. The van der Waals surface area contributed by atoms with E-state index in [-0.39, 0.29) is 5.91 Å². The van der Waals surface area contributed by atoms with Crippen molar-refractivity contribution in [2.75, 3.05) is 5.32 Å². The van der Waals surface area contributed by atoms with E-state index in [1.165, 1.54) is 0 Å². The Hall–Kier alpha value is -4.10. The molecule has 1 N–H and O–H groups in total. The molecule has 2 heterocycles. The second-order valence-electron chi connectivity index (χ2n) is 7.15. The van der Waals surface area contributed by atoms with Gasteiger partial charge in [0.15, 0.2) is 5.58 Å². The summed E-state index contributed by atoms with van der Waals surface area (Å²) in [6.45, 7) is 0. The summed E-state index contributed by atoms with van der Waals surface area (Å²) in [5.74, 6) is 0.337. The summed E-state index contributed by atoms with van der Waals surface area (Å²) in [7, 11) is 0. The third kappa shape index (κ3) is 3.12. The zero-order valence-electron chi connectivity index (χ0n) is 16.1. The van der Waals surface area contributed by atoms with Gasteiger partial charge in [0.05, 0.1) is 11.7 Å². The molecule has 0 spiro atoms. The Labute approximate surface area is 180 Å². The Balaban J connectivity index is 1.33. The first-order valence-electron chi connectivity index (χ1n) is 9.67. The van der Waals surface area contributed by atoms with Crippen molar-refractivity contribution < 1.29 is 9.21 Å². The van der Waals surface area contributed by atoms with Crippen LogP contribution in [0.25, 0.3) is 44.4 Å². The minimum atomic E-state index is -0.216. The lowest BCUT2D eigenvalue weighted by atomic mass is 10.0. The molecule has 148 valence electrons. The molecule has 7 heteroatoms. The van der Waals surface area contributed by atoms with E-state index >= 15 is 0 Å².